The molecule has 1 N–H and O–H groups in total. The van der Waals surface area contributed by atoms with Crippen molar-refractivity contribution in [3.05, 3.63) is 94.5 Å². The minimum Gasteiger partial charge on any atom is -0.354 e. The maximum absolute atomic E-state index is 14.0. The van der Waals surface area contributed by atoms with Crippen molar-refractivity contribution in [2.24, 2.45) is 5.92 Å². The summed E-state index contributed by atoms with van der Waals surface area (Å²) >= 11 is 12.6. The van der Waals surface area contributed by atoms with Gasteiger partial charge in [0.2, 0.25) is 11.8 Å². The normalized spacial score (nSPS) is 12.2. The quantitative estimate of drug-likeness (QED) is 0.290. The van der Waals surface area contributed by atoms with Crippen molar-refractivity contribution < 1.29 is 18.0 Å². The third-order valence-corrected chi connectivity index (χ3v) is 8.47. The van der Waals surface area contributed by atoms with E-state index in [1.807, 2.05) is 20.8 Å². The molecule has 0 saturated carbocycles. The maximum atomic E-state index is 14.0. The molecule has 10 heteroatoms. The van der Waals surface area contributed by atoms with Gasteiger partial charge in [0.1, 0.15) is 12.6 Å². The van der Waals surface area contributed by atoms with Gasteiger partial charge in [0, 0.05) is 23.1 Å². The van der Waals surface area contributed by atoms with Crippen LogP contribution >= 0.6 is 23.2 Å². The molecule has 0 heterocycles. The molecule has 7 nitrogen and oxygen atoms in total. The number of rotatable bonds is 12. The van der Waals surface area contributed by atoms with Crippen molar-refractivity contribution in [3.63, 3.8) is 0 Å². The van der Waals surface area contributed by atoms with E-state index in [4.69, 9.17) is 23.2 Å². The van der Waals surface area contributed by atoms with Crippen molar-refractivity contribution in [1.29, 1.82) is 0 Å². The highest BCUT2D eigenvalue weighted by molar-refractivity contribution is 7.92. The standard InChI is InChI=1S/C29H33Cl2N3O4S/c1-4-27(29(36)32-18-21(2)3)33(19-22-11-8-9-16-26(22)31)28(35)20-34(24-13-10-12-23(30)17-24)39(37,38)25-14-6-5-7-15-25/h5-17,21,27H,4,18-20H2,1-3H3,(H,32,36)/t27-/m1/s1. The van der Waals surface area contributed by atoms with Crippen LogP contribution in [0.4, 0.5) is 5.69 Å². The van der Waals surface area contributed by atoms with E-state index in [0.717, 1.165) is 4.31 Å². The van der Waals surface area contributed by atoms with Gasteiger partial charge in [0.15, 0.2) is 0 Å². The SMILES string of the molecule is CC[C@H](C(=O)NCC(C)C)N(Cc1ccccc1Cl)C(=O)CN(c1cccc(Cl)c1)S(=O)(=O)c1ccccc1. The fraction of sp³-hybridized carbons (Fsp3) is 0.310. The lowest BCUT2D eigenvalue weighted by Gasteiger charge is -2.33. The molecule has 3 aromatic rings. The van der Waals surface area contributed by atoms with Gasteiger partial charge >= 0.3 is 0 Å². The maximum Gasteiger partial charge on any atom is 0.264 e. The summed E-state index contributed by atoms with van der Waals surface area (Å²) < 4.78 is 28.6. The lowest BCUT2D eigenvalue weighted by molar-refractivity contribution is -0.140. The van der Waals surface area contributed by atoms with Gasteiger partial charge < -0.3 is 10.2 Å². The Balaban J connectivity index is 2.05. The molecule has 0 radical (unpaired) electrons. The zero-order valence-corrected chi connectivity index (χ0v) is 24.5. The zero-order chi connectivity index (χ0) is 28.6. The highest BCUT2D eigenvalue weighted by Gasteiger charge is 2.34. The molecule has 0 bridgehead atoms. The average Bonchev–Trinajstić information content (AvgIpc) is 2.91. The van der Waals surface area contributed by atoms with Crippen LogP contribution in [0.3, 0.4) is 0 Å². The molecule has 0 aromatic heterocycles. The fourth-order valence-electron chi connectivity index (χ4n) is 4.03. The number of hydrogen-bond acceptors (Lipinski definition) is 4. The Morgan fingerprint density at radius 1 is 0.923 bits per heavy atom. The lowest BCUT2D eigenvalue weighted by atomic mass is 10.1. The highest BCUT2D eigenvalue weighted by Crippen LogP contribution is 2.27. The number of anilines is 1. The number of carbonyl (C=O) groups excluding carboxylic acids is 2. The van der Waals surface area contributed by atoms with E-state index < -0.39 is 28.5 Å². The van der Waals surface area contributed by atoms with E-state index in [9.17, 15) is 18.0 Å². The minimum atomic E-state index is -4.15. The summed E-state index contributed by atoms with van der Waals surface area (Å²) in [7, 11) is -4.15. The molecule has 0 unspecified atom stereocenters. The molecule has 2 amide bonds. The Bertz CT molecular complexity index is 1380. The van der Waals surface area contributed by atoms with Gasteiger partial charge in [-0.3, -0.25) is 13.9 Å². The lowest BCUT2D eigenvalue weighted by Crippen LogP contribution is -2.52. The summed E-state index contributed by atoms with van der Waals surface area (Å²) in [5.74, 6) is -0.652. The smallest absolute Gasteiger partial charge is 0.264 e. The topological polar surface area (TPSA) is 86.8 Å². The number of halogens is 2. The Kier molecular flexibility index (Phi) is 10.8. The monoisotopic (exact) mass is 589 g/mol. The first-order valence-corrected chi connectivity index (χ1v) is 14.9. The number of amides is 2. The second-order valence-corrected chi connectivity index (χ2v) is 12.2. The molecule has 0 aliphatic carbocycles. The van der Waals surface area contributed by atoms with Gasteiger partial charge in [-0.2, -0.15) is 0 Å². The fourth-order valence-corrected chi connectivity index (χ4v) is 5.84. The Hall–Kier alpha value is -3.07. The van der Waals surface area contributed by atoms with Crippen molar-refractivity contribution in [2.75, 3.05) is 17.4 Å². The van der Waals surface area contributed by atoms with Crippen LogP contribution in [-0.4, -0.2) is 44.3 Å². The van der Waals surface area contributed by atoms with Crippen LogP contribution in [-0.2, 0) is 26.2 Å². The molecule has 208 valence electrons. The summed E-state index contributed by atoms with van der Waals surface area (Å²) in [6, 6.07) is 20.4. The third-order valence-electron chi connectivity index (χ3n) is 6.08. The number of carbonyl (C=O) groups is 2. The molecule has 0 fully saturated rings. The van der Waals surface area contributed by atoms with Crippen LogP contribution in [0.5, 0.6) is 0 Å². The number of benzene rings is 3. The zero-order valence-electron chi connectivity index (χ0n) is 22.2. The number of hydrogen-bond donors (Lipinski definition) is 1. The summed E-state index contributed by atoms with van der Waals surface area (Å²) in [6.07, 6.45) is 0.322. The number of nitrogens with zero attached hydrogens (tertiary/aromatic N) is 2. The molecular formula is C29H33Cl2N3O4S. The van der Waals surface area contributed by atoms with Crippen molar-refractivity contribution in [3.8, 4) is 0 Å². The molecule has 0 saturated heterocycles. The summed E-state index contributed by atoms with van der Waals surface area (Å²) in [6.45, 7) is 5.69. The largest absolute Gasteiger partial charge is 0.354 e. The van der Waals surface area contributed by atoms with E-state index >= 15 is 0 Å². The van der Waals surface area contributed by atoms with Crippen LogP contribution in [0.25, 0.3) is 0 Å². The molecule has 1 atom stereocenters. The molecule has 0 aliphatic rings. The Morgan fingerprint density at radius 2 is 1.59 bits per heavy atom. The third kappa shape index (κ3) is 7.97. The van der Waals surface area contributed by atoms with Crippen molar-refractivity contribution >= 4 is 50.7 Å². The van der Waals surface area contributed by atoms with Gasteiger partial charge in [-0.05, 0) is 54.3 Å². The molecular weight excluding hydrogens is 557 g/mol. The molecule has 0 aliphatic heterocycles. The van der Waals surface area contributed by atoms with E-state index in [2.05, 4.69) is 5.32 Å². The Morgan fingerprint density at radius 3 is 2.21 bits per heavy atom. The predicted octanol–water partition coefficient (Wildman–Crippen LogP) is 5.77. The first-order chi connectivity index (χ1) is 18.5. The van der Waals surface area contributed by atoms with Crippen molar-refractivity contribution in [1.82, 2.24) is 10.2 Å². The summed E-state index contributed by atoms with van der Waals surface area (Å²) in [5, 5.41) is 3.66. The first-order valence-electron chi connectivity index (χ1n) is 12.7. The van der Waals surface area contributed by atoms with Crippen LogP contribution in [0.15, 0.2) is 83.8 Å². The molecule has 0 spiro atoms. The second kappa shape index (κ2) is 13.8. The van der Waals surface area contributed by atoms with E-state index in [0.29, 0.717) is 28.6 Å². The summed E-state index contributed by atoms with van der Waals surface area (Å²) in [4.78, 5) is 28.7. The van der Waals surface area contributed by atoms with Crippen molar-refractivity contribution in [2.45, 2.75) is 44.7 Å². The van der Waals surface area contributed by atoms with Crippen LogP contribution in [0, 0.1) is 5.92 Å². The van der Waals surface area contributed by atoms with Crippen LogP contribution in [0.2, 0.25) is 10.0 Å². The van der Waals surface area contributed by atoms with E-state index in [1.165, 1.54) is 23.1 Å². The second-order valence-electron chi connectivity index (χ2n) is 9.48. The Labute approximate surface area is 240 Å². The predicted molar refractivity (Wildman–Crippen MR) is 156 cm³/mol. The van der Waals surface area contributed by atoms with E-state index in [1.54, 1.807) is 60.7 Å². The van der Waals surface area contributed by atoms with Gasteiger partial charge in [-0.1, -0.05) is 86.4 Å². The van der Waals surface area contributed by atoms with Gasteiger partial charge in [0.05, 0.1) is 10.6 Å². The summed E-state index contributed by atoms with van der Waals surface area (Å²) in [5.41, 5.74) is 0.873. The van der Waals surface area contributed by atoms with Gasteiger partial charge in [0.25, 0.3) is 10.0 Å². The number of nitrogens with one attached hydrogen (secondary N) is 1. The highest BCUT2D eigenvalue weighted by atomic mass is 35.5. The molecule has 3 aromatic carbocycles. The number of sulfonamides is 1. The van der Waals surface area contributed by atoms with Crippen LogP contribution < -0.4 is 9.62 Å². The van der Waals surface area contributed by atoms with Crippen LogP contribution in [0.1, 0.15) is 32.8 Å². The van der Waals surface area contributed by atoms with Gasteiger partial charge in [-0.25, -0.2) is 8.42 Å². The molecule has 3 rings (SSSR count). The van der Waals surface area contributed by atoms with Gasteiger partial charge in [-0.15, -0.1) is 0 Å². The average molecular weight is 591 g/mol. The minimum absolute atomic E-state index is 0.0251. The first kappa shape index (κ1) is 30.5. The van der Waals surface area contributed by atoms with E-state index in [-0.39, 0.29) is 29.0 Å². The molecule has 39 heavy (non-hydrogen) atoms.